The molecule has 2 aliphatic heterocycles. The molecule has 0 unspecified atom stereocenters. The molecule has 4 heteroatoms. The number of nitrogens with zero attached hydrogens (tertiary/aromatic N) is 2. The maximum Gasteiger partial charge on any atom is 0.253 e. The Morgan fingerprint density at radius 1 is 1.33 bits per heavy atom. The number of hydrogen-bond donors (Lipinski definition) is 0. The topological polar surface area (TPSA) is 42.4 Å². The highest BCUT2D eigenvalue weighted by atomic mass is 16.5. The van der Waals surface area contributed by atoms with Crippen LogP contribution in [0.3, 0.4) is 0 Å². The molecular formula is C17H22N2O2. The van der Waals surface area contributed by atoms with Crippen molar-refractivity contribution in [2.75, 3.05) is 13.2 Å². The van der Waals surface area contributed by atoms with Crippen LogP contribution in [0.4, 0.5) is 0 Å². The fourth-order valence-corrected chi connectivity index (χ4v) is 3.24. The Bertz CT molecular complexity index is 580. The fraction of sp³-hybridized carbons (Fsp3) is 0.529. The first-order valence-corrected chi connectivity index (χ1v) is 7.74. The van der Waals surface area contributed by atoms with Crippen molar-refractivity contribution in [3.8, 4) is 0 Å². The van der Waals surface area contributed by atoms with Gasteiger partial charge in [-0.3, -0.25) is 9.78 Å². The van der Waals surface area contributed by atoms with Crippen molar-refractivity contribution in [2.24, 2.45) is 0 Å². The fourth-order valence-electron chi connectivity index (χ4n) is 3.24. The van der Waals surface area contributed by atoms with E-state index in [1.54, 1.807) is 0 Å². The number of carbonyl (C=O) groups excluding carboxylic acids is 1. The lowest BCUT2D eigenvalue weighted by Gasteiger charge is -2.28. The van der Waals surface area contributed by atoms with Crippen molar-refractivity contribution < 1.29 is 9.53 Å². The predicted molar refractivity (Wildman–Crippen MR) is 80.5 cm³/mol. The molecule has 4 nitrogen and oxygen atoms in total. The van der Waals surface area contributed by atoms with Crippen LogP contribution in [0.15, 0.2) is 29.5 Å². The van der Waals surface area contributed by atoms with Gasteiger partial charge in [0, 0.05) is 12.2 Å². The zero-order valence-corrected chi connectivity index (χ0v) is 12.8. The first-order valence-electron chi connectivity index (χ1n) is 7.74. The number of aryl methyl sites for hydroxylation is 1. The van der Waals surface area contributed by atoms with Gasteiger partial charge in [0.1, 0.15) is 5.76 Å². The smallest absolute Gasteiger partial charge is 0.253 e. The van der Waals surface area contributed by atoms with Crippen LogP contribution in [0.2, 0.25) is 0 Å². The van der Waals surface area contributed by atoms with E-state index in [0.29, 0.717) is 0 Å². The van der Waals surface area contributed by atoms with E-state index >= 15 is 0 Å². The van der Waals surface area contributed by atoms with Crippen LogP contribution < -0.4 is 0 Å². The summed E-state index contributed by atoms with van der Waals surface area (Å²) in [5.74, 6) is 0.937. The highest BCUT2D eigenvalue weighted by Gasteiger charge is 2.33. The molecule has 0 spiro atoms. The van der Waals surface area contributed by atoms with Crippen LogP contribution in [0.25, 0.3) is 0 Å². The van der Waals surface area contributed by atoms with Gasteiger partial charge in [0.25, 0.3) is 5.91 Å². The van der Waals surface area contributed by atoms with Gasteiger partial charge in [0.05, 0.1) is 23.9 Å². The van der Waals surface area contributed by atoms with Crippen LogP contribution in [-0.4, -0.2) is 28.9 Å². The summed E-state index contributed by atoms with van der Waals surface area (Å²) in [5.41, 5.74) is 2.86. The Morgan fingerprint density at radius 3 is 2.95 bits per heavy atom. The molecule has 1 atom stereocenters. The van der Waals surface area contributed by atoms with E-state index in [9.17, 15) is 4.79 Å². The normalized spacial score (nSPS) is 22.4. The van der Waals surface area contributed by atoms with Crippen molar-refractivity contribution >= 4 is 5.91 Å². The molecule has 21 heavy (non-hydrogen) atoms. The molecular weight excluding hydrogens is 264 g/mol. The lowest BCUT2D eigenvalue weighted by molar-refractivity contribution is -0.128. The molecule has 1 aromatic rings. The highest BCUT2D eigenvalue weighted by Crippen LogP contribution is 2.33. The molecule has 1 aromatic heterocycles. The Kier molecular flexibility index (Phi) is 3.95. The number of hydrogen-bond acceptors (Lipinski definition) is 3. The Morgan fingerprint density at radius 2 is 2.19 bits per heavy atom. The minimum absolute atomic E-state index is 0.111. The van der Waals surface area contributed by atoms with Crippen molar-refractivity contribution in [3.05, 3.63) is 40.9 Å². The summed E-state index contributed by atoms with van der Waals surface area (Å²) in [7, 11) is 0. The molecule has 0 bridgehead atoms. The number of aromatic nitrogens is 1. The average molecular weight is 286 g/mol. The molecule has 2 aliphatic rings. The summed E-state index contributed by atoms with van der Waals surface area (Å²) in [5, 5.41) is 0. The van der Waals surface area contributed by atoms with E-state index in [1.807, 2.05) is 36.9 Å². The predicted octanol–water partition coefficient (Wildman–Crippen LogP) is 3.14. The van der Waals surface area contributed by atoms with Gasteiger partial charge >= 0.3 is 0 Å². The molecule has 1 fully saturated rings. The summed E-state index contributed by atoms with van der Waals surface area (Å²) < 4.78 is 5.55. The van der Waals surface area contributed by atoms with Crippen LogP contribution in [-0.2, 0) is 9.53 Å². The van der Waals surface area contributed by atoms with E-state index in [1.165, 1.54) is 0 Å². The lowest BCUT2D eigenvalue weighted by Crippen LogP contribution is -2.33. The second-order valence-corrected chi connectivity index (χ2v) is 5.85. The molecule has 1 saturated heterocycles. The largest absolute Gasteiger partial charge is 0.498 e. The van der Waals surface area contributed by atoms with Crippen LogP contribution in [0, 0.1) is 6.92 Å². The van der Waals surface area contributed by atoms with Crippen LogP contribution >= 0.6 is 0 Å². The molecule has 3 rings (SSSR count). The number of amides is 1. The minimum Gasteiger partial charge on any atom is -0.498 e. The van der Waals surface area contributed by atoms with Crippen molar-refractivity contribution in [1.29, 1.82) is 0 Å². The van der Waals surface area contributed by atoms with E-state index in [-0.39, 0.29) is 11.9 Å². The molecule has 0 saturated carbocycles. The number of likely N-dealkylation sites (tertiary alicyclic amines) is 1. The Hall–Kier alpha value is -1.84. The van der Waals surface area contributed by atoms with Gasteiger partial charge in [-0.1, -0.05) is 6.07 Å². The van der Waals surface area contributed by atoms with Crippen LogP contribution in [0.1, 0.15) is 50.0 Å². The molecule has 0 radical (unpaired) electrons. The number of allylic oxidation sites excluding steroid dienone is 1. The van der Waals surface area contributed by atoms with E-state index < -0.39 is 0 Å². The Labute approximate surface area is 125 Å². The second-order valence-electron chi connectivity index (χ2n) is 5.85. The quantitative estimate of drug-likeness (QED) is 0.839. The Balaban J connectivity index is 1.85. The van der Waals surface area contributed by atoms with Gasteiger partial charge in [0.2, 0.25) is 0 Å². The van der Waals surface area contributed by atoms with Crippen LogP contribution in [0.5, 0.6) is 0 Å². The van der Waals surface area contributed by atoms with Gasteiger partial charge in [-0.05, 0) is 51.7 Å². The summed E-state index contributed by atoms with van der Waals surface area (Å²) >= 11 is 0. The zero-order valence-electron chi connectivity index (χ0n) is 12.8. The SMILES string of the molecule is CC1=C(C(=O)N2CCC[C@H]2c2cccc(C)n2)CCCO1. The number of pyridine rings is 1. The summed E-state index contributed by atoms with van der Waals surface area (Å²) in [6, 6.07) is 6.15. The van der Waals surface area contributed by atoms with Crippen molar-refractivity contribution in [2.45, 2.75) is 45.6 Å². The minimum atomic E-state index is 0.111. The molecule has 0 aliphatic carbocycles. The molecule has 0 aromatic carbocycles. The standard InChI is InChI=1S/C17H22N2O2/c1-12-6-3-8-15(18-12)16-9-4-10-19(16)17(20)14-7-5-11-21-13(14)2/h3,6,8,16H,4-5,7,9-11H2,1-2H3/t16-/m0/s1. The number of carbonyl (C=O) groups is 1. The molecule has 112 valence electrons. The summed E-state index contributed by atoms with van der Waals surface area (Å²) in [6.45, 7) is 5.44. The third-order valence-electron chi connectivity index (χ3n) is 4.34. The molecule has 3 heterocycles. The van der Waals surface area contributed by atoms with Gasteiger partial charge < -0.3 is 9.64 Å². The second kappa shape index (κ2) is 5.88. The maximum atomic E-state index is 12.8. The number of ether oxygens (including phenoxy) is 1. The van der Waals surface area contributed by atoms with E-state index in [4.69, 9.17) is 4.74 Å². The van der Waals surface area contributed by atoms with Gasteiger partial charge in [0.15, 0.2) is 0 Å². The third-order valence-corrected chi connectivity index (χ3v) is 4.34. The number of rotatable bonds is 2. The highest BCUT2D eigenvalue weighted by molar-refractivity contribution is 5.94. The van der Waals surface area contributed by atoms with E-state index in [0.717, 1.165) is 61.6 Å². The average Bonchev–Trinajstić information content (AvgIpc) is 2.96. The lowest BCUT2D eigenvalue weighted by atomic mass is 10.0. The van der Waals surface area contributed by atoms with Crippen molar-refractivity contribution in [1.82, 2.24) is 9.88 Å². The molecule has 0 N–H and O–H groups in total. The van der Waals surface area contributed by atoms with Gasteiger partial charge in [-0.15, -0.1) is 0 Å². The zero-order chi connectivity index (χ0) is 14.8. The first-order chi connectivity index (χ1) is 10.2. The summed E-state index contributed by atoms with van der Waals surface area (Å²) in [4.78, 5) is 19.4. The van der Waals surface area contributed by atoms with Gasteiger partial charge in [-0.25, -0.2) is 0 Å². The molecule has 1 amide bonds. The van der Waals surface area contributed by atoms with E-state index in [2.05, 4.69) is 4.98 Å². The third kappa shape index (κ3) is 2.80. The summed E-state index contributed by atoms with van der Waals surface area (Å²) in [6.07, 6.45) is 3.79. The maximum absolute atomic E-state index is 12.8. The van der Waals surface area contributed by atoms with Crippen molar-refractivity contribution in [3.63, 3.8) is 0 Å². The van der Waals surface area contributed by atoms with Gasteiger partial charge in [-0.2, -0.15) is 0 Å². The first kappa shape index (κ1) is 14.1. The monoisotopic (exact) mass is 286 g/mol.